The lowest BCUT2D eigenvalue weighted by atomic mass is 10.3. The molecule has 0 aliphatic rings. The van der Waals surface area contributed by atoms with Crippen molar-refractivity contribution in [1.29, 1.82) is 0 Å². The molecule has 1 rings (SSSR count). The van der Waals surface area contributed by atoms with Crippen LogP contribution in [-0.2, 0) is 11.2 Å². The Morgan fingerprint density at radius 1 is 1.17 bits per heavy atom. The third kappa shape index (κ3) is 11.9. The Morgan fingerprint density at radius 2 is 1.91 bits per heavy atom. The Labute approximate surface area is 155 Å². The maximum Gasteiger partial charge on any atom is 0.216 e. The molecule has 1 heterocycles. The number of unbranched alkanes of at least 4 members (excludes halogenated alkanes) is 1. The maximum atomic E-state index is 10.8. The van der Waals surface area contributed by atoms with Crippen LogP contribution in [0.25, 0.3) is 0 Å². The van der Waals surface area contributed by atoms with Crippen LogP contribution in [0.4, 0.5) is 0 Å². The Kier molecular flexibility index (Phi) is 13.6. The van der Waals surface area contributed by atoms with Gasteiger partial charge in [0.2, 0.25) is 5.91 Å². The van der Waals surface area contributed by atoms with Crippen LogP contribution in [0, 0.1) is 0 Å². The number of carbonyl (C=O) groups excluding carboxylic acids is 1. The molecule has 0 aliphatic heterocycles. The SMILES string of the molecule is CCCCNC(=NCCCNC(C)=O)NCCc1ccco1.I. The molecule has 6 nitrogen and oxygen atoms in total. The van der Waals surface area contributed by atoms with Gasteiger partial charge in [-0.15, -0.1) is 24.0 Å². The van der Waals surface area contributed by atoms with E-state index in [2.05, 4.69) is 27.9 Å². The molecule has 0 radical (unpaired) electrons. The van der Waals surface area contributed by atoms with E-state index in [9.17, 15) is 4.79 Å². The summed E-state index contributed by atoms with van der Waals surface area (Å²) >= 11 is 0. The highest BCUT2D eigenvalue weighted by Crippen LogP contribution is 1.99. The van der Waals surface area contributed by atoms with E-state index in [-0.39, 0.29) is 29.9 Å². The van der Waals surface area contributed by atoms with Gasteiger partial charge in [0.1, 0.15) is 5.76 Å². The number of furan rings is 1. The minimum atomic E-state index is 0. The minimum absolute atomic E-state index is 0. The molecule has 23 heavy (non-hydrogen) atoms. The number of nitrogens with zero attached hydrogens (tertiary/aromatic N) is 1. The summed E-state index contributed by atoms with van der Waals surface area (Å²) < 4.78 is 5.31. The lowest BCUT2D eigenvalue weighted by Crippen LogP contribution is -2.39. The fourth-order valence-electron chi connectivity index (χ4n) is 1.85. The summed E-state index contributed by atoms with van der Waals surface area (Å²) in [5.41, 5.74) is 0. The Morgan fingerprint density at radius 3 is 2.57 bits per heavy atom. The van der Waals surface area contributed by atoms with Crippen LogP contribution in [-0.4, -0.2) is 38.0 Å². The third-order valence-corrected chi connectivity index (χ3v) is 3.05. The summed E-state index contributed by atoms with van der Waals surface area (Å²) in [7, 11) is 0. The first kappa shape index (κ1) is 21.8. The van der Waals surface area contributed by atoms with Crippen molar-refractivity contribution < 1.29 is 9.21 Å². The zero-order valence-electron chi connectivity index (χ0n) is 14.1. The second-order valence-corrected chi connectivity index (χ2v) is 5.10. The van der Waals surface area contributed by atoms with Crippen molar-refractivity contribution in [2.75, 3.05) is 26.2 Å². The summed E-state index contributed by atoms with van der Waals surface area (Å²) in [4.78, 5) is 15.3. The first-order chi connectivity index (χ1) is 10.7. The van der Waals surface area contributed by atoms with Gasteiger partial charge in [0.05, 0.1) is 6.26 Å². The summed E-state index contributed by atoms with van der Waals surface area (Å²) in [5.74, 6) is 1.79. The second-order valence-electron chi connectivity index (χ2n) is 5.10. The Bertz CT molecular complexity index is 435. The van der Waals surface area contributed by atoms with Crippen molar-refractivity contribution >= 4 is 35.8 Å². The monoisotopic (exact) mass is 436 g/mol. The molecular weight excluding hydrogens is 407 g/mol. The van der Waals surface area contributed by atoms with Crippen molar-refractivity contribution in [2.45, 2.75) is 39.5 Å². The van der Waals surface area contributed by atoms with Gasteiger partial charge in [-0.3, -0.25) is 9.79 Å². The normalized spacial score (nSPS) is 10.8. The van der Waals surface area contributed by atoms with E-state index in [4.69, 9.17) is 4.42 Å². The number of hydrogen-bond acceptors (Lipinski definition) is 3. The van der Waals surface area contributed by atoms with Gasteiger partial charge < -0.3 is 20.4 Å². The molecule has 0 aromatic carbocycles. The van der Waals surface area contributed by atoms with Crippen molar-refractivity contribution in [3.8, 4) is 0 Å². The summed E-state index contributed by atoms with van der Waals surface area (Å²) in [6, 6.07) is 3.86. The number of carbonyl (C=O) groups is 1. The fourth-order valence-corrected chi connectivity index (χ4v) is 1.85. The van der Waals surface area contributed by atoms with Gasteiger partial charge in [-0.05, 0) is 25.0 Å². The van der Waals surface area contributed by atoms with Gasteiger partial charge in [0.15, 0.2) is 5.96 Å². The van der Waals surface area contributed by atoms with Crippen LogP contribution in [0.1, 0.15) is 38.9 Å². The predicted octanol–water partition coefficient (Wildman–Crippen LogP) is 2.30. The molecule has 0 unspecified atom stereocenters. The van der Waals surface area contributed by atoms with Gasteiger partial charge >= 0.3 is 0 Å². The number of nitrogens with one attached hydrogen (secondary N) is 3. The van der Waals surface area contributed by atoms with Crippen molar-refractivity contribution in [3.63, 3.8) is 0 Å². The highest BCUT2D eigenvalue weighted by atomic mass is 127. The number of guanidine groups is 1. The maximum absolute atomic E-state index is 10.8. The van der Waals surface area contributed by atoms with E-state index in [1.165, 1.54) is 6.92 Å². The summed E-state index contributed by atoms with van der Waals surface area (Å²) in [6.07, 6.45) is 5.61. The van der Waals surface area contributed by atoms with Crippen molar-refractivity contribution in [3.05, 3.63) is 24.2 Å². The molecule has 132 valence electrons. The van der Waals surface area contributed by atoms with Gasteiger partial charge in [-0.2, -0.15) is 0 Å². The molecule has 0 saturated heterocycles. The lowest BCUT2D eigenvalue weighted by Gasteiger charge is -2.12. The zero-order valence-corrected chi connectivity index (χ0v) is 16.4. The summed E-state index contributed by atoms with van der Waals surface area (Å²) in [6.45, 7) is 6.72. The minimum Gasteiger partial charge on any atom is -0.469 e. The van der Waals surface area contributed by atoms with Crippen LogP contribution >= 0.6 is 24.0 Å². The first-order valence-corrected chi connectivity index (χ1v) is 8.01. The second kappa shape index (κ2) is 14.3. The van der Waals surface area contributed by atoms with Crippen LogP contribution in [0.15, 0.2) is 27.8 Å². The number of rotatable bonds is 10. The Hall–Kier alpha value is -1.25. The predicted molar refractivity (Wildman–Crippen MR) is 104 cm³/mol. The van der Waals surface area contributed by atoms with E-state index >= 15 is 0 Å². The van der Waals surface area contributed by atoms with Crippen LogP contribution < -0.4 is 16.0 Å². The molecule has 0 atom stereocenters. The molecule has 0 fully saturated rings. The first-order valence-electron chi connectivity index (χ1n) is 8.01. The van der Waals surface area contributed by atoms with E-state index in [1.807, 2.05) is 12.1 Å². The number of halogens is 1. The van der Waals surface area contributed by atoms with E-state index in [0.29, 0.717) is 13.1 Å². The van der Waals surface area contributed by atoms with Gasteiger partial charge in [-0.25, -0.2) is 0 Å². The molecule has 0 spiro atoms. The van der Waals surface area contributed by atoms with Crippen LogP contribution in [0.5, 0.6) is 0 Å². The fraction of sp³-hybridized carbons (Fsp3) is 0.625. The number of aliphatic imine (C=N–C) groups is 1. The van der Waals surface area contributed by atoms with Gasteiger partial charge in [0, 0.05) is 39.5 Å². The van der Waals surface area contributed by atoms with Gasteiger partial charge in [0.25, 0.3) is 0 Å². The topological polar surface area (TPSA) is 78.7 Å². The molecule has 3 N–H and O–H groups in total. The molecule has 0 bridgehead atoms. The highest BCUT2D eigenvalue weighted by Gasteiger charge is 2.00. The molecule has 7 heteroatoms. The lowest BCUT2D eigenvalue weighted by molar-refractivity contribution is -0.118. The number of hydrogen-bond donors (Lipinski definition) is 3. The summed E-state index contributed by atoms with van der Waals surface area (Å²) in [5, 5.41) is 9.40. The molecule has 1 aromatic rings. The average Bonchev–Trinajstić information content (AvgIpc) is 2.99. The molecule has 1 aromatic heterocycles. The largest absolute Gasteiger partial charge is 0.469 e. The van der Waals surface area contributed by atoms with Crippen LogP contribution in [0.2, 0.25) is 0 Å². The standard InChI is InChI=1S/C16H28N4O2.HI/c1-3-4-9-18-16(19-11-6-10-17-14(2)21)20-12-8-15-7-5-13-22-15;/h5,7,13H,3-4,6,8-12H2,1-2H3,(H,17,21)(H2,18,19,20);1H. The average molecular weight is 436 g/mol. The molecular formula is C16H29IN4O2. The van der Waals surface area contributed by atoms with E-state index in [1.54, 1.807) is 6.26 Å². The zero-order chi connectivity index (χ0) is 16.0. The smallest absolute Gasteiger partial charge is 0.216 e. The molecule has 0 saturated carbocycles. The van der Waals surface area contributed by atoms with Crippen molar-refractivity contribution in [1.82, 2.24) is 16.0 Å². The van der Waals surface area contributed by atoms with Crippen molar-refractivity contribution in [2.24, 2.45) is 4.99 Å². The highest BCUT2D eigenvalue weighted by molar-refractivity contribution is 14.0. The number of amides is 1. The van der Waals surface area contributed by atoms with Crippen LogP contribution in [0.3, 0.4) is 0 Å². The quantitative estimate of drug-likeness (QED) is 0.228. The third-order valence-electron chi connectivity index (χ3n) is 3.05. The molecule has 0 aliphatic carbocycles. The van der Waals surface area contributed by atoms with Gasteiger partial charge in [-0.1, -0.05) is 13.3 Å². The Balaban J connectivity index is 0.00000484. The van der Waals surface area contributed by atoms with E-state index in [0.717, 1.165) is 50.5 Å². The molecule has 1 amide bonds. The van der Waals surface area contributed by atoms with E-state index < -0.39 is 0 Å².